The van der Waals surface area contributed by atoms with Crippen LogP contribution < -0.4 is 5.73 Å². The summed E-state index contributed by atoms with van der Waals surface area (Å²) in [4.78, 5) is 18.9. The molecule has 2 aliphatic heterocycles. The lowest BCUT2D eigenvalue weighted by atomic mass is 9.99. The highest BCUT2D eigenvalue weighted by Gasteiger charge is 2.31. The second-order valence-electron chi connectivity index (χ2n) is 5.56. The summed E-state index contributed by atoms with van der Waals surface area (Å²) in [5.74, 6) is 0.162. The van der Waals surface area contributed by atoms with E-state index in [1.54, 1.807) is 0 Å². The maximum Gasteiger partial charge on any atom is 0.264 e. The SMILES string of the molecule is Cc1sc(C(=O)N2CCN3CCCCC3C2)cc1N. The van der Waals surface area contributed by atoms with Gasteiger partial charge in [-0.2, -0.15) is 0 Å². The van der Waals surface area contributed by atoms with E-state index >= 15 is 0 Å². The first kappa shape index (κ1) is 12.9. The predicted molar refractivity (Wildman–Crippen MR) is 78.6 cm³/mol. The highest BCUT2D eigenvalue weighted by atomic mass is 32.1. The summed E-state index contributed by atoms with van der Waals surface area (Å²) in [6, 6.07) is 2.40. The third-order valence-corrected chi connectivity index (χ3v) is 5.35. The molecule has 1 aromatic heterocycles. The molecule has 3 rings (SSSR count). The number of carbonyl (C=O) groups excluding carboxylic acids is 1. The largest absolute Gasteiger partial charge is 0.398 e. The minimum atomic E-state index is 0.162. The maximum absolute atomic E-state index is 12.5. The fourth-order valence-corrected chi connectivity index (χ4v) is 4.01. The number of piperazine rings is 1. The number of rotatable bonds is 1. The van der Waals surface area contributed by atoms with Crippen molar-refractivity contribution in [1.29, 1.82) is 0 Å². The van der Waals surface area contributed by atoms with Crippen molar-refractivity contribution in [2.75, 3.05) is 31.9 Å². The molecule has 0 aromatic carbocycles. The van der Waals surface area contributed by atoms with Crippen molar-refractivity contribution < 1.29 is 4.79 Å². The Morgan fingerprint density at radius 1 is 1.37 bits per heavy atom. The fraction of sp³-hybridized carbons (Fsp3) is 0.643. The summed E-state index contributed by atoms with van der Waals surface area (Å²) in [5, 5.41) is 0. The van der Waals surface area contributed by atoms with Gasteiger partial charge in [0.05, 0.1) is 4.88 Å². The molecular weight excluding hydrogens is 258 g/mol. The van der Waals surface area contributed by atoms with E-state index in [0.717, 1.165) is 35.1 Å². The topological polar surface area (TPSA) is 49.6 Å². The van der Waals surface area contributed by atoms with Crippen molar-refractivity contribution in [3.8, 4) is 0 Å². The minimum Gasteiger partial charge on any atom is -0.398 e. The van der Waals surface area contributed by atoms with Crippen LogP contribution in [0.3, 0.4) is 0 Å². The van der Waals surface area contributed by atoms with Gasteiger partial charge in [-0.1, -0.05) is 6.42 Å². The van der Waals surface area contributed by atoms with Crippen molar-refractivity contribution >= 4 is 22.9 Å². The van der Waals surface area contributed by atoms with E-state index in [-0.39, 0.29) is 5.91 Å². The van der Waals surface area contributed by atoms with Gasteiger partial charge in [0, 0.05) is 36.2 Å². The molecule has 0 spiro atoms. The van der Waals surface area contributed by atoms with E-state index < -0.39 is 0 Å². The van der Waals surface area contributed by atoms with Crippen LogP contribution in [0.25, 0.3) is 0 Å². The number of anilines is 1. The van der Waals surface area contributed by atoms with Crippen LogP contribution in [0, 0.1) is 6.92 Å². The number of nitrogen functional groups attached to an aromatic ring is 1. The van der Waals surface area contributed by atoms with E-state index in [0.29, 0.717) is 6.04 Å². The number of thiophene rings is 1. The lowest BCUT2D eigenvalue weighted by Crippen LogP contribution is -2.56. The highest BCUT2D eigenvalue weighted by Crippen LogP contribution is 2.27. The molecule has 0 bridgehead atoms. The van der Waals surface area contributed by atoms with Crippen LogP contribution >= 0.6 is 11.3 Å². The Hall–Kier alpha value is -1.07. The number of piperidine rings is 1. The smallest absolute Gasteiger partial charge is 0.264 e. The monoisotopic (exact) mass is 279 g/mol. The Balaban J connectivity index is 1.70. The van der Waals surface area contributed by atoms with Crippen molar-refractivity contribution in [1.82, 2.24) is 9.80 Å². The van der Waals surface area contributed by atoms with Crippen molar-refractivity contribution in [2.45, 2.75) is 32.2 Å². The molecular formula is C14H21N3OS. The van der Waals surface area contributed by atoms with Gasteiger partial charge < -0.3 is 10.6 Å². The van der Waals surface area contributed by atoms with Crippen LogP contribution in [0.1, 0.15) is 33.8 Å². The van der Waals surface area contributed by atoms with E-state index in [1.165, 1.54) is 37.1 Å². The summed E-state index contributed by atoms with van der Waals surface area (Å²) in [6.07, 6.45) is 3.84. The molecule has 19 heavy (non-hydrogen) atoms. The first-order valence-corrected chi connectivity index (χ1v) is 7.86. The summed E-state index contributed by atoms with van der Waals surface area (Å²) >= 11 is 1.52. The molecule has 4 nitrogen and oxygen atoms in total. The number of aryl methyl sites for hydroxylation is 1. The van der Waals surface area contributed by atoms with Gasteiger partial charge in [0.2, 0.25) is 0 Å². The van der Waals surface area contributed by atoms with Crippen molar-refractivity contribution in [3.05, 3.63) is 15.8 Å². The molecule has 2 aliphatic rings. The summed E-state index contributed by atoms with van der Waals surface area (Å²) in [7, 11) is 0. The summed E-state index contributed by atoms with van der Waals surface area (Å²) in [5.41, 5.74) is 6.59. The van der Waals surface area contributed by atoms with Crippen LogP contribution in [0.2, 0.25) is 0 Å². The zero-order valence-corrected chi connectivity index (χ0v) is 12.2. The molecule has 0 aliphatic carbocycles. The van der Waals surface area contributed by atoms with Crippen LogP contribution in [0.4, 0.5) is 5.69 Å². The normalized spacial score (nSPS) is 24.3. The molecule has 0 radical (unpaired) electrons. The molecule has 5 heteroatoms. The second kappa shape index (κ2) is 5.13. The van der Waals surface area contributed by atoms with Crippen molar-refractivity contribution in [3.63, 3.8) is 0 Å². The third kappa shape index (κ3) is 2.49. The Bertz CT molecular complexity index is 466. The van der Waals surface area contributed by atoms with E-state index in [1.807, 2.05) is 17.9 Å². The van der Waals surface area contributed by atoms with Gasteiger partial charge in [-0.15, -0.1) is 11.3 Å². The van der Waals surface area contributed by atoms with Gasteiger partial charge in [0.25, 0.3) is 5.91 Å². The van der Waals surface area contributed by atoms with Crippen LogP contribution in [-0.4, -0.2) is 47.9 Å². The van der Waals surface area contributed by atoms with Crippen LogP contribution in [0.5, 0.6) is 0 Å². The fourth-order valence-electron chi connectivity index (χ4n) is 3.10. The lowest BCUT2D eigenvalue weighted by molar-refractivity contribution is 0.0376. The molecule has 1 amide bonds. The number of nitrogens with two attached hydrogens (primary N) is 1. The molecule has 1 unspecified atom stereocenters. The molecule has 3 heterocycles. The Morgan fingerprint density at radius 2 is 2.21 bits per heavy atom. The average molecular weight is 279 g/mol. The zero-order valence-electron chi connectivity index (χ0n) is 11.4. The Morgan fingerprint density at radius 3 is 2.95 bits per heavy atom. The first-order valence-electron chi connectivity index (χ1n) is 7.04. The van der Waals surface area contributed by atoms with Gasteiger partial charge in [-0.3, -0.25) is 9.69 Å². The molecule has 1 atom stereocenters. The average Bonchev–Trinajstić information content (AvgIpc) is 2.77. The van der Waals surface area contributed by atoms with Gasteiger partial charge in [0.15, 0.2) is 0 Å². The van der Waals surface area contributed by atoms with Gasteiger partial charge in [-0.05, 0) is 32.4 Å². The zero-order chi connectivity index (χ0) is 13.4. The van der Waals surface area contributed by atoms with Crippen molar-refractivity contribution in [2.24, 2.45) is 0 Å². The number of nitrogens with zero attached hydrogens (tertiary/aromatic N) is 2. The Kier molecular flexibility index (Phi) is 3.50. The van der Waals surface area contributed by atoms with Gasteiger partial charge in [0.1, 0.15) is 0 Å². The van der Waals surface area contributed by atoms with Crippen LogP contribution in [0.15, 0.2) is 6.07 Å². The first-order chi connectivity index (χ1) is 9.15. The number of fused-ring (bicyclic) bond motifs is 1. The quantitative estimate of drug-likeness (QED) is 0.855. The Labute approximate surface area is 118 Å². The number of hydrogen-bond acceptors (Lipinski definition) is 4. The molecule has 2 fully saturated rings. The number of hydrogen-bond donors (Lipinski definition) is 1. The van der Waals surface area contributed by atoms with E-state index in [4.69, 9.17) is 5.73 Å². The van der Waals surface area contributed by atoms with Gasteiger partial charge in [-0.25, -0.2) is 0 Å². The number of carbonyl (C=O) groups is 1. The molecule has 0 saturated carbocycles. The molecule has 2 saturated heterocycles. The lowest BCUT2D eigenvalue weighted by Gasteiger charge is -2.43. The van der Waals surface area contributed by atoms with Crippen LogP contribution in [-0.2, 0) is 0 Å². The summed E-state index contributed by atoms with van der Waals surface area (Å²) in [6.45, 7) is 5.94. The molecule has 104 valence electrons. The summed E-state index contributed by atoms with van der Waals surface area (Å²) < 4.78 is 0. The standard InChI is InChI=1S/C14H21N3OS/c1-10-12(15)8-13(19-10)14(18)17-7-6-16-5-3-2-4-11(16)9-17/h8,11H,2-7,9,15H2,1H3. The molecule has 1 aromatic rings. The van der Waals surface area contributed by atoms with E-state index in [2.05, 4.69) is 4.90 Å². The number of amides is 1. The van der Waals surface area contributed by atoms with E-state index in [9.17, 15) is 4.79 Å². The van der Waals surface area contributed by atoms with Gasteiger partial charge >= 0.3 is 0 Å². The second-order valence-corrected chi connectivity index (χ2v) is 6.82. The minimum absolute atomic E-state index is 0.162. The highest BCUT2D eigenvalue weighted by molar-refractivity contribution is 7.14. The molecule has 2 N–H and O–H groups in total. The maximum atomic E-state index is 12.5. The third-order valence-electron chi connectivity index (χ3n) is 4.29. The predicted octanol–water partition coefficient (Wildman–Crippen LogP) is 1.95.